The summed E-state index contributed by atoms with van der Waals surface area (Å²) in [6.07, 6.45) is 0. The number of carbonyl (C=O) groups excluding carboxylic acids is 1. The van der Waals surface area contributed by atoms with Gasteiger partial charge in [0.1, 0.15) is 0 Å². The predicted octanol–water partition coefficient (Wildman–Crippen LogP) is 1.79. The lowest BCUT2D eigenvalue weighted by Gasteiger charge is -2.11. The molecule has 5 heteroatoms. The number of amides is 2. The second-order valence-corrected chi connectivity index (χ2v) is 4.44. The molecule has 82 valence electrons. The monoisotopic (exact) mass is 320 g/mol. The van der Waals surface area contributed by atoms with Gasteiger partial charge in [0.15, 0.2) is 0 Å². The van der Waals surface area contributed by atoms with Crippen molar-refractivity contribution in [3.05, 3.63) is 27.8 Å². The van der Waals surface area contributed by atoms with Crippen molar-refractivity contribution in [3.8, 4) is 0 Å². The van der Waals surface area contributed by atoms with Gasteiger partial charge in [0.05, 0.1) is 12.6 Å². The van der Waals surface area contributed by atoms with E-state index in [1.165, 1.54) is 0 Å². The van der Waals surface area contributed by atoms with Gasteiger partial charge in [-0.25, -0.2) is 4.79 Å². The molecule has 0 saturated heterocycles. The van der Waals surface area contributed by atoms with Gasteiger partial charge in [-0.05, 0) is 47.7 Å². The van der Waals surface area contributed by atoms with E-state index in [-0.39, 0.29) is 18.7 Å². The molecule has 0 radical (unpaired) electrons. The number of anilines is 1. The van der Waals surface area contributed by atoms with E-state index in [2.05, 4.69) is 33.2 Å². The number of hydrogen-bond acceptors (Lipinski definition) is 2. The normalized spacial score (nSPS) is 11.9. The molecular formula is C10H13IN2O2. The Morgan fingerprint density at radius 3 is 2.93 bits per heavy atom. The Labute approximate surface area is 102 Å². The molecule has 0 saturated carbocycles. The van der Waals surface area contributed by atoms with Gasteiger partial charge in [-0.2, -0.15) is 0 Å². The van der Waals surface area contributed by atoms with Crippen LogP contribution in [0.4, 0.5) is 10.5 Å². The van der Waals surface area contributed by atoms with Crippen LogP contribution in [0.15, 0.2) is 24.3 Å². The van der Waals surface area contributed by atoms with Crippen LogP contribution in [0.2, 0.25) is 0 Å². The molecule has 1 atom stereocenters. The minimum absolute atomic E-state index is 0.0697. The summed E-state index contributed by atoms with van der Waals surface area (Å²) in [6.45, 7) is 1.66. The first-order chi connectivity index (χ1) is 7.11. The molecule has 0 aliphatic carbocycles. The maximum atomic E-state index is 11.4. The van der Waals surface area contributed by atoms with E-state index in [1.807, 2.05) is 24.3 Å². The molecule has 0 unspecified atom stereocenters. The molecule has 0 bridgehead atoms. The third-order valence-corrected chi connectivity index (χ3v) is 2.40. The number of hydrogen-bond donors (Lipinski definition) is 3. The first kappa shape index (κ1) is 12.3. The summed E-state index contributed by atoms with van der Waals surface area (Å²) < 4.78 is 1.06. The Balaban J connectivity index is 2.51. The molecule has 1 rings (SSSR count). The van der Waals surface area contributed by atoms with E-state index in [0.29, 0.717) is 0 Å². The maximum absolute atomic E-state index is 11.4. The average Bonchev–Trinajstić information content (AvgIpc) is 2.17. The van der Waals surface area contributed by atoms with Crippen LogP contribution < -0.4 is 10.6 Å². The van der Waals surface area contributed by atoms with Crippen LogP contribution in [0, 0.1) is 3.57 Å². The second kappa shape index (κ2) is 5.92. The molecule has 3 N–H and O–H groups in total. The fraction of sp³-hybridized carbons (Fsp3) is 0.300. The molecule has 2 amide bonds. The Bertz CT molecular complexity index is 344. The Morgan fingerprint density at radius 2 is 2.33 bits per heavy atom. The van der Waals surface area contributed by atoms with Gasteiger partial charge < -0.3 is 15.7 Å². The predicted molar refractivity (Wildman–Crippen MR) is 67.9 cm³/mol. The molecule has 0 fully saturated rings. The van der Waals surface area contributed by atoms with E-state index in [9.17, 15) is 4.79 Å². The van der Waals surface area contributed by atoms with E-state index < -0.39 is 0 Å². The van der Waals surface area contributed by atoms with Crippen LogP contribution in [0.25, 0.3) is 0 Å². The van der Waals surface area contributed by atoms with Crippen molar-refractivity contribution in [1.29, 1.82) is 0 Å². The van der Waals surface area contributed by atoms with Crippen molar-refractivity contribution in [1.82, 2.24) is 5.32 Å². The number of halogens is 1. The molecule has 1 aromatic rings. The van der Waals surface area contributed by atoms with Crippen LogP contribution in [0.3, 0.4) is 0 Å². The number of urea groups is 1. The van der Waals surface area contributed by atoms with Crippen molar-refractivity contribution in [2.45, 2.75) is 13.0 Å². The van der Waals surface area contributed by atoms with Gasteiger partial charge in [-0.1, -0.05) is 6.07 Å². The molecule has 0 heterocycles. The van der Waals surface area contributed by atoms with Crippen molar-refractivity contribution in [3.63, 3.8) is 0 Å². The second-order valence-electron chi connectivity index (χ2n) is 3.19. The van der Waals surface area contributed by atoms with Crippen molar-refractivity contribution >= 4 is 34.3 Å². The van der Waals surface area contributed by atoms with Crippen molar-refractivity contribution < 1.29 is 9.90 Å². The molecule has 0 aliphatic rings. The molecule has 0 aliphatic heterocycles. The van der Waals surface area contributed by atoms with Crippen LogP contribution >= 0.6 is 22.6 Å². The third-order valence-electron chi connectivity index (χ3n) is 1.73. The van der Waals surface area contributed by atoms with E-state index >= 15 is 0 Å². The molecule has 1 aromatic carbocycles. The fourth-order valence-electron chi connectivity index (χ4n) is 1.00. The summed E-state index contributed by atoms with van der Waals surface area (Å²) in [5, 5.41) is 14.0. The van der Waals surface area contributed by atoms with E-state index in [0.717, 1.165) is 9.26 Å². The lowest BCUT2D eigenvalue weighted by molar-refractivity contribution is 0.229. The van der Waals surface area contributed by atoms with Crippen molar-refractivity contribution in [2.24, 2.45) is 0 Å². The highest BCUT2D eigenvalue weighted by molar-refractivity contribution is 14.1. The largest absolute Gasteiger partial charge is 0.394 e. The SMILES string of the molecule is C[C@@H](CO)NC(=O)Nc1cccc(I)c1. The Hall–Kier alpha value is -0.820. The van der Waals surface area contributed by atoms with Crippen LogP contribution in [0.5, 0.6) is 0 Å². The highest BCUT2D eigenvalue weighted by Crippen LogP contribution is 2.11. The first-order valence-electron chi connectivity index (χ1n) is 4.55. The van der Waals surface area contributed by atoms with Gasteiger partial charge in [0.2, 0.25) is 0 Å². The summed E-state index contributed by atoms with van der Waals surface area (Å²) in [5.74, 6) is 0. The highest BCUT2D eigenvalue weighted by atomic mass is 127. The number of nitrogens with one attached hydrogen (secondary N) is 2. The molecule has 15 heavy (non-hydrogen) atoms. The van der Waals surface area contributed by atoms with Crippen LogP contribution in [-0.2, 0) is 0 Å². The number of carbonyl (C=O) groups is 1. The average molecular weight is 320 g/mol. The number of benzene rings is 1. The first-order valence-corrected chi connectivity index (χ1v) is 5.63. The van der Waals surface area contributed by atoms with Crippen molar-refractivity contribution in [2.75, 3.05) is 11.9 Å². The maximum Gasteiger partial charge on any atom is 0.319 e. The molecule has 4 nitrogen and oxygen atoms in total. The highest BCUT2D eigenvalue weighted by Gasteiger charge is 2.05. The van der Waals surface area contributed by atoms with Crippen LogP contribution in [0.1, 0.15) is 6.92 Å². The van der Waals surface area contributed by atoms with Gasteiger partial charge in [-0.3, -0.25) is 0 Å². The zero-order valence-electron chi connectivity index (χ0n) is 8.33. The number of rotatable bonds is 3. The smallest absolute Gasteiger partial charge is 0.319 e. The number of aliphatic hydroxyl groups is 1. The zero-order chi connectivity index (χ0) is 11.3. The standard InChI is InChI=1S/C10H13IN2O2/c1-7(6-14)12-10(15)13-9-4-2-3-8(11)5-9/h2-5,7,14H,6H2,1H3,(H2,12,13,15)/t7-/m0/s1. The minimum atomic E-state index is -0.307. The Kier molecular flexibility index (Phi) is 4.83. The lowest BCUT2D eigenvalue weighted by atomic mass is 10.3. The summed E-state index contributed by atoms with van der Waals surface area (Å²) in [6, 6.07) is 6.94. The van der Waals surface area contributed by atoms with Crippen LogP contribution in [-0.4, -0.2) is 23.8 Å². The lowest BCUT2D eigenvalue weighted by Crippen LogP contribution is -2.38. The minimum Gasteiger partial charge on any atom is -0.394 e. The van der Waals surface area contributed by atoms with Gasteiger partial charge in [-0.15, -0.1) is 0 Å². The van der Waals surface area contributed by atoms with Gasteiger partial charge in [0, 0.05) is 9.26 Å². The Morgan fingerprint density at radius 1 is 1.60 bits per heavy atom. The topological polar surface area (TPSA) is 61.4 Å². The fourth-order valence-corrected chi connectivity index (χ4v) is 1.55. The quantitative estimate of drug-likeness (QED) is 0.744. The zero-order valence-corrected chi connectivity index (χ0v) is 10.5. The summed E-state index contributed by atoms with van der Waals surface area (Å²) in [5.41, 5.74) is 0.740. The summed E-state index contributed by atoms with van der Waals surface area (Å²) in [4.78, 5) is 11.4. The third kappa shape index (κ3) is 4.48. The van der Waals surface area contributed by atoms with Gasteiger partial charge in [0.25, 0.3) is 0 Å². The number of aliphatic hydroxyl groups excluding tert-OH is 1. The van der Waals surface area contributed by atoms with Gasteiger partial charge >= 0.3 is 6.03 Å². The molecule has 0 aromatic heterocycles. The van der Waals surface area contributed by atoms with E-state index in [4.69, 9.17) is 5.11 Å². The molecular weight excluding hydrogens is 307 g/mol. The summed E-state index contributed by atoms with van der Waals surface area (Å²) >= 11 is 2.17. The summed E-state index contributed by atoms with van der Waals surface area (Å²) in [7, 11) is 0. The van der Waals surface area contributed by atoms with E-state index in [1.54, 1.807) is 6.92 Å². The molecule has 0 spiro atoms.